The van der Waals surface area contributed by atoms with Crippen LogP contribution in [0.3, 0.4) is 0 Å². The van der Waals surface area contributed by atoms with Gasteiger partial charge in [0.1, 0.15) is 0 Å². The maximum absolute atomic E-state index is 12.0. The fraction of sp³-hybridized carbons (Fsp3) is 0.154. The van der Waals surface area contributed by atoms with E-state index in [9.17, 15) is 4.79 Å². The van der Waals surface area contributed by atoms with Gasteiger partial charge in [-0.05, 0) is 17.0 Å². The smallest absolute Gasteiger partial charge is 0.179 e. The highest BCUT2D eigenvalue weighted by Gasteiger charge is 2.17. The summed E-state index contributed by atoms with van der Waals surface area (Å²) in [5, 5.41) is 1.94. The number of ketones is 1. The minimum absolute atomic E-state index is 0.0511. The van der Waals surface area contributed by atoms with E-state index in [2.05, 4.69) is 0 Å². The van der Waals surface area contributed by atoms with Crippen LogP contribution in [0.2, 0.25) is 0 Å². The zero-order valence-electron chi connectivity index (χ0n) is 8.51. The first-order valence-corrected chi connectivity index (χ1v) is 5.79. The average molecular weight is 216 g/mol. The van der Waals surface area contributed by atoms with Gasteiger partial charge in [-0.1, -0.05) is 43.3 Å². The molecule has 0 bridgehead atoms. The van der Waals surface area contributed by atoms with Crippen LogP contribution >= 0.6 is 11.3 Å². The van der Waals surface area contributed by atoms with Crippen molar-refractivity contribution in [1.82, 2.24) is 0 Å². The largest absolute Gasteiger partial charge is 0.293 e. The Hall–Kier alpha value is -1.41. The van der Waals surface area contributed by atoms with E-state index >= 15 is 0 Å². The Balaban J connectivity index is 2.23. The fourth-order valence-corrected chi connectivity index (χ4v) is 2.28. The van der Waals surface area contributed by atoms with Crippen molar-refractivity contribution in [2.24, 2.45) is 0 Å². The normalized spacial score (nSPS) is 12.3. The Morgan fingerprint density at radius 2 is 1.87 bits per heavy atom. The standard InChI is InChI=1S/C13H12OS/c1-10(11-6-3-2-4-7-11)13(14)12-8-5-9-15-12/h2-10H,1H3. The second-order valence-corrected chi connectivity index (χ2v) is 4.42. The molecule has 2 rings (SSSR count). The molecule has 15 heavy (non-hydrogen) atoms. The number of benzene rings is 1. The Bertz CT molecular complexity index is 431. The molecule has 0 saturated carbocycles. The predicted molar refractivity (Wildman–Crippen MR) is 63.5 cm³/mol. The molecule has 76 valence electrons. The van der Waals surface area contributed by atoms with E-state index in [0.717, 1.165) is 10.4 Å². The van der Waals surface area contributed by atoms with Gasteiger partial charge in [0.05, 0.1) is 4.88 Å². The third kappa shape index (κ3) is 2.16. The van der Waals surface area contributed by atoms with Gasteiger partial charge >= 0.3 is 0 Å². The third-order valence-corrected chi connectivity index (χ3v) is 3.34. The average Bonchev–Trinajstić information content (AvgIpc) is 2.82. The Morgan fingerprint density at radius 3 is 2.47 bits per heavy atom. The van der Waals surface area contributed by atoms with Gasteiger partial charge in [0.25, 0.3) is 0 Å². The molecule has 0 amide bonds. The van der Waals surface area contributed by atoms with Crippen LogP contribution in [0.1, 0.15) is 28.1 Å². The highest BCUT2D eigenvalue weighted by Crippen LogP contribution is 2.22. The zero-order chi connectivity index (χ0) is 10.7. The summed E-state index contributed by atoms with van der Waals surface area (Å²) < 4.78 is 0. The summed E-state index contributed by atoms with van der Waals surface area (Å²) in [6, 6.07) is 13.7. The van der Waals surface area contributed by atoms with E-state index in [1.807, 2.05) is 54.8 Å². The third-order valence-electron chi connectivity index (χ3n) is 2.46. The van der Waals surface area contributed by atoms with E-state index in [1.165, 1.54) is 11.3 Å². The summed E-state index contributed by atoms with van der Waals surface area (Å²) >= 11 is 1.50. The maximum atomic E-state index is 12.0. The highest BCUT2D eigenvalue weighted by molar-refractivity contribution is 7.12. The second kappa shape index (κ2) is 4.41. The molecule has 1 unspecified atom stereocenters. The van der Waals surface area contributed by atoms with Gasteiger partial charge in [0.15, 0.2) is 5.78 Å². The Morgan fingerprint density at radius 1 is 1.13 bits per heavy atom. The van der Waals surface area contributed by atoms with Gasteiger partial charge in [0.2, 0.25) is 0 Å². The van der Waals surface area contributed by atoms with Crippen molar-refractivity contribution in [3.63, 3.8) is 0 Å². The lowest BCUT2D eigenvalue weighted by molar-refractivity contribution is 0.0970. The predicted octanol–water partition coefficient (Wildman–Crippen LogP) is 3.73. The number of carbonyl (C=O) groups excluding carboxylic acids is 1. The number of hydrogen-bond donors (Lipinski definition) is 0. The lowest BCUT2D eigenvalue weighted by Gasteiger charge is -2.08. The van der Waals surface area contributed by atoms with Crippen molar-refractivity contribution in [1.29, 1.82) is 0 Å². The van der Waals surface area contributed by atoms with Gasteiger partial charge < -0.3 is 0 Å². The molecule has 1 nitrogen and oxygen atoms in total. The first kappa shape index (κ1) is 10.1. The summed E-state index contributed by atoms with van der Waals surface area (Å²) in [7, 11) is 0. The molecule has 1 atom stereocenters. The van der Waals surface area contributed by atoms with E-state index in [0.29, 0.717) is 0 Å². The molecule has 0 aliphatic rings. The van der Waals surface area contributed by atoms with Crippen molar-refractivity contribution in [3.05, 3.63) is 58.3 Å². The molecule has 0 fully saturated rings. The first-order valence-electron chi connectivity index (χ1n) is 4.91. The number of carbonyl (C=O) groups is 1. The zero-order valence-corrected chi connectivity index (χ0v) is 9.33. The number of rotatable bonds is 3. The van der Waals surface area contributed by atoms with Gasteiger partial charge in [0, 0.05) is 5.92 Å². The lowest BCUT2D eigenvalue weighted by atomic mass is 9.96. The quantitative estimate of drug-likeness (QED) is 0.714. The van der Waals surface area contributed by atoms with Crippen molar-refractivity contribution in [2.45, 2.75) is 12.8 Å². The molecular formula is C13H12OS. The maximum Gasteiger partial charge on any atom is 0.179 e. The molecule has 0 aliphatic heterocycles. The molecule has 0 radical (unpaired) electrons. The minimum atomic E-state index is -0.0511. The summed E-state index contributed by atoms with van der Waals surface area (Å²) in [5.74, 6) is 0.154. The Kier molecular flexibility index (Phi) is 2.97. The van der Waals surface area contributed by atoms with E-state index in [4.69, 9.17) is 0 Å². The molecular weight excluding hydrogens is 204 g/mol. The fourth-order valence-electron chi connectivity index (χ4n) is 1.53. The number of hydrogen-bond acceptors (Lipinski definition) is 2. The molecule has 0 aliphatic carbocycles. The summed E-state index contributed by atoms with van der Waals surface area (Å²) in [5.41, 5.74) is 1.08. The first-order chi connectivity index (χ1) is 7.29. The molecule has 2 heteroatoms. The highest BCUT2D eigenvalue weighted by atomic mass is 32.1. The van der Waals surface area contributed by atoms with Crippen LogP contribution in [-0.2, 0) is 0 Å². The molecule has 1 aromatic heterocycles. The van der Waals surface area contributed by atoms with Gasteiger partial charge in [-0.2, -0.15) is 0 Å². The summed E-state index contributed by atoms with van der Waals surface area (Å²) in [6.07, 6.45) is 0. The molecule has 1 aromatic carbocycles. The van der Waals surface area contributed by atoms with E-state index < -0.39 is 0 Å². The molecule has 0 spiro atoms. The van der Waals surface area contributed by atoms with Gasteiger partial charge in [-0.15, -0.1) is 11.3 Å². The minimum Gasteiger partial charge on any atom is -0.293 e. The van der Waals surface area contributed by atoms with Crippen LogP contribution in [0.5, 0.6) is 0 Å². The topological polar surface area (TPSA) is 17.1 Å². The molecule has 2 aromatic rings. The van der Waals surface area contributed by atoms with Crippen LogP contribution in [-0.4, -0.2) is 5.78 Å². The summed E-state index contributed by atoms with van der Waals surface area (Å²) in [4.78, 5) is 12.9. The second-order valence-electron chi connectivity index (χ2n) is 3.47. The SMILES string of the molecule is CC(C(=O)c1cccs1)c1ccccc1. The van der Waals surface area contributed by atoms with Crippen LogP contribution in [0, 0.1) is 0 Å². The van der Waals surface area contributed by atoms with Gasteiger partial charge in [-0.3, -0.25) is 4.79 Å². The van der Waals surface area contributed by atoms with Crippen LogP contribution in [0.25, 0.3) is 0 Å². The number of Topliss-reactive ketones (excluding diaryl/α,β-unsaturated/α-hetero) is 1. The van der Waals surface area contributed by atoms with Crippen molar-refractivity contribution in [2.75, 3.05) is 0 Å². The summed E-state index contributed by atoms with van der Waals surface area (Å²) in [6.45, 7) is 1.96. The van der Waals surface area contributed by atoms with E-state index in [-0.39, 0.29) is 11.7 Å². The Labute approximate surface area is 93.4 Å². The van der Waals surface area contributed by atoms with Crippen LogP contribution < -0.4 is 0 Å². The van der Waals surface area contributed by atoms with Crippen LogP contribution in [0.15, 0.2) is 47.8 Å². The van der Waals surface area contributed by atoms with Crippen LogP contribution in [0.4, 0.5) is 0 Å². The molecule has 0 N–H and O–H groups in total. The monoisotopic (exact) mass is 216 g/mol. The van der Waals surface area contributed by atoms with Crippen molar-refractivity contribution in [3.8, 4) is 0 Å². The van der Waals surface area contributed by atoms with Gasteiger partial charge in [-0.25, -0.2) is 0 Å². The van der Waals surface area contributed by atoms with E-state index in [1.54, 1.807) is 0 Å². The molecule has 0 saturated heterocycles. The van der Waals surface area contributed by atoms with Crippen molar-refractivity contribution >= 4 is 17.1 Å². The number of thiophene rings is 1. The van der Waals surface area contributed by atoms with Crippen molar-refractivity contribution < 1.29 is 4.79 Å². The lowest BCUT2D eigenvalue weighted by Crippen LogP contribution is -2.07. The molecule has 1 heterocycles.